The third-order valence-corrected chi connectivity index (χ3v) is 1.99. The van der Waals surface area contributed by atoms with Crippen LogP contribution in [0, 0.1) is 0 Å². The molecule has 1 atom stereocenters. The van der Waals surface area contributed by atoms with Crippen LogP contribution in [0.25, 0.3) is 11.4 Å². The number of nitrogens with zero attached hydrogens (tertiary/aromatic N) is 2. The van der Waals surface area contributed by atoms with Crippen molar-refractivity contribution in [1.82, 2.24) is 10.1 Å². The van der Waals surface area contributed by atoms with Crippen LogP contribution in [0.1, 0.15) is 11.9 Å². The molecule has 0 saturated heterocycles. The molecule has 16 heavy (non-hydrogen) atoms. The average molecular weight is 242 g/mol. The third kappa shape index (κ3) is 2.57. The highest BCUT2D eigenvalue weighted by molar-refractivity contribution is 5.85. The minimum Gasteiger partial charge on any atom is -0.394 e. The fraction of sp³-hybridized carbons (Fsp3) is 0.200. The average Bonchev–Trinajstić information content (AvgIpc) is 2.78. The lowest BCUT2D eigenvalue weighted by atomic mass is 10.2. The van der Waals surface area contributed by atoms with Gasteiger partial charge in [-0.05, 0) is 0 Å². The lowest BCUT2D eigenvalue weighted by Gasteiger charge is -1.98. The monoisotopic (exact) mass is 241 g/mol. The summed E-state index contributed by atoms with van der Waals surface area (Å²) in [6, 6.07) is 8.81. The van der Waals surface area contributed by atoms with Crippen LogP contribution in [0.15, 0.2) is 34.9 Å². The third-order valence-electron chi connectivity index (χ3n) is 1.99. The Morgan fingerprint density at radius 1 is 1.31 bits per heavy atom. The van der Waals surface area contributed by atoms with Crippen LogP contribution in [0.5, 0.6) is 0 Å². The predicted octanol–water partition coefficient (Wildman–Crippen LogP) is 1.15. The van der Waals surface area contributed by atoms with Crippen LogP contribution < -0.4 is 5.73 Å². The van der Waals surface area contributed by atoms with Crippen molar-refractivity contribution in [3.63, 3.8) is 0 Å². The Kier molecular flexibility index (Phi) is 4.42. The zero-order chi connectivity index (χ0) is 10.7. The van der Waals surface area contributed by atoms with Gasteiger partial charge in [0.2, 0.25) is 11.7 Å². The lowest BCUT2D eigenvalue weighted by molar-refractivity contribution is 0.237. The lowest BCUT2D eigenvalue weighted by Crippen LogP contribution is -2.14. The van der Waals surface area contributed by atoms with E-state index in [1.165, 1.54) is 0 Å². The van der Waals surface area contributed by atoms with Crippen LogP contribution in [0.3, 0.4) is 0 Å². The Bertz CT molecular complexity index is 433. The van der Waals surface area contributed by atoms with Crippen molar-refractivity contribution in [2.24, 2.45) is 5.73 Å². The summed E-state index contributed by atoms with van der Waals surface area (Å²) < 4.78 is 4.93. The van der Waals surface area contributed by atoms with E-state index in [0.717, 1.165) is 5.56 Å². The molecule has 0 saturated carbocycles. The van der Waals surface area contributed by atoms with Gasteiger partial charge in [0, 0.05) is 5.56 Å². The summed E-state index contributed by atoms with van der Waals surface area (Å²) in [4.78, 5) is 4.09. The molecule has 0 aliphatic carbocycles. The predicted molar refractivity (Wildman–Crippen MR) is 61.0 cm³/mol. The van der Waals surface area contributed by atoms with Crippen molar-refractivity contribution in [3.05, 3.63) is 36.2 Å². The molecule has 1 aromatic carbocycles. The van der Waals surface area contributed by atoms with Gasteiger partial charge in [-0.15, -0.1) is 12.4 Å². The van der Waals surface area contributed by atoms with E-state index >= 15 is 0 Å². The molecule has 5 nitrogen and oxygen atoms in total. The highest BCUT2D eigenvalue weighted by atomic mass is 35.5. The van der Waals surface area contributed by atoms with E-state index in [2.05, 4.69) is 10.1 Å². The molecule has 0 spiro atoms. The number of hydrogen-bond acceptors (Lipinski definition) is 5. The smallest absolute Gasteiger partial charge is 0.246 e. The first-order valence-electron chi connectivity index (χ1n) is 4.56. The van der Waals surface area contributed by atoms with Gasteiger partial charge < -0.3 is 15.4 Å². The first-order chi connectivity index (χ1) is 7.31. The maximum Gasteiger partial charge on any atom is 0.246 e. The van der Waals surface area contributed by atoms with E-state index in [1.807, 2.05) is 30.3 Å². The van der Waals surface area contributed by atoms with Gasteiger partial charge in [0.1, 0.15) is 6.04 Å². The van der Waals surface area contributed by atoms with E-state index < -0.39 is 6.04 Å². The molecular weight excluding hydrogens is 230 g/mol. The Morgan fingerprint density at radius 2 is 2.00 bits per heavy atom. The second-order valence-electron chi connectivity index (χ2n) is 3.11. The molecule has 0 radical (unpaired) electrons. The molecular formula is C10H12ClN3O2. The SMILES string of the molecule is Cl.NC(CO)c1nc(-c2ccccc2)no1. The molecule has 1 aromatic heterocycles. The molecule has 6 heteroatoms. The standard InChI is InChI=1S/C10H11N3O2.ClH/c11-8(6-14)10-12-9(13-15-10)7-4-2-1-3-5-7;/h1-5,8,14H,6,11H2;1H. The van der Waals surface area contributed by atoms with E-state index in [4.69, 9.17) is 15.4 Å². The quantitative estimate of drug-likeness (QED) is 0.842. The second kappa shape index (κ2) is 5.60. The molecule has 86 valence electrons. The molecule has 2 rings (SSSR count). The number of halogens is 1. The van der Waals surface area contributed by atoms with Gasteiger partial charge in [0.25, 0.3) is 0 Å². The molecule has 0 bridgehead atoms. The Morgan fingerprint density at radius 3 is 2.62 bits per heavy atom. The van der Waals surface area contributed by atoms with Gasteiger partial charge in [-0.25, -0.2) is 0 Å². The first-order valence-corrected chi connectivity index (χ1v) is 4.56. The largest absolute Gasteiger partial charge is 0.394 e. The Hall–Kier alpha value is -1.43. The number of aliphatic hydroxyl groups is 1. The van der Waals surface area contributed by atoms with Crippen molar-refractivity contribution >= 4 is 12.4 Å². The van der Waals surface area contributed by atoms with Gasteiger partial charge >= 0.3 is 0 Å². The molecule has 3 N–H and O–H groups in total. The maximum atomic E-state index is 8.82. The summed E-state index contributed by atoms with van der Waals surface area (Å²) in [5.41, 5.74) is 6.40. The van der Waals surface area contributed by atoms with Crippen LogP contribution in [0.2, 0.25) is 0 Å². The van der Waals surface area contributed by atoms with Crippen LogP contribution in [-0.2, 0) is 0 Å². The van der Waals surface area contributed by atoms with Crippen molar-refractivity contribution < 1.29 is 9.63 Å². The molecule has 0 amide bonds. The highest BCUT2D eigenvalue weighted by Crippen LogP contribution is 2.16. The Balaban J connectivity index is 0.00000128. The van der Waals surface area contributed by atoms with Gasteiger partial charge in [-0.3, -0.25) is 0 Å². The van der Waals surface area contributed by atoms with Gasteiger partial charge in [0.15, 0.2) is 0 Å². The fourth-order valence-corrected chi connectivity index (χ4v) is 1.17. The van der Waals surface area contributed by atoms with E-state index in [9.17, 15) is 0 Å². The Labute approximate surface area is 98.7 Å². The molecule has 1 heterocycles. The van der Waals surface area contributed by atoms with Crippen molar-refractivity contribution in [2.45, 2.75) is 6.04 Å². The van der Waals surface area contributed by atoms with Gasteiger partial charge in [0.05, 0.1) is 6.61 Å². The van der Waals surface area contributed by atoms with Gasteiger partial charge in [-0.2, -0.15) is 4.98 Å². The minimum absolute atomic E-state index is 0. The fourth-order valence-electron chi connectivity index (χ4n) is 1.17. The molecule has 0 aliphatic rings. The first kappa shape index (κ1) is 12.6. The van der Waals surface area contributed by atoms with Crippen LogP contribution in [0.4, 0.5) is 0 Å². The summed E-state index contributed by atoms with van der Waals surface area (Å²) >= 11 is 0. The number of aromatic nitrogens is 2. The zero-order valence-electron chi connectivity index (χ0n) is 8.41. The van der Waals surface area contributed by atoms with Crippen molar-refractivity contribution in [2.75, 3.05) is 6.61 Å². The van der Waals surface area contributed by atoms with Crippen molar-refractivity contribution in [3.8, 4) is 11.4 Å². The second-order valence-corrected chi connectivity index (χ2v) is 3.11. The summed E-state index contributed by atoms with van der Waals surface area (Å²) in [6.07, 6.45) is 0. The number of hydrogen-bond donors (Lipinski definition) is 2. The van der Waals surface area contributed by atoms with Gasteiger partial charge in [-0.1, -0.05) is 35.5 Å². The van der Waals surface area contributed by atoms with Crippen molar-refractivity contribution in [1.29, 1.82) is 0 Å². The van der Waals surface area contributed by atoms with Crippen LogP contribution >= 0.6 is 12.4 Å². The summed E-state index contributed by atoms with van der Waals surface area (Å²) in [7, 11) is 0. The maximum absolute atomic E-state index is 8.82. The normalized spacial score (nSPS) is 11.9. The summed E-state index contributed by atoms with van der Waals surface area (Å²) in [5, 5.41) is 12.6. The minimum atomic E-state index is -0.616. The highest BCUT2D eigenvalue weighted by Gasteiger charge is 2.14. The molecule has 2 aromatic rings. The molecule has 1 unspecified atom stereocenters. The molecule has 0 fully saturated rings. The van der Waals surface area contributed by atoms with Crippen LogP contribution in [-0.4, -0.2) is 21.9 Å². The molecule has 0 aliphatic heterocycles. The summed E-state index contributed by atoms with van der Waals surface area (Å²) in [6.45, 7) is -0.212. The van der Waals surface area contributed by atoms with E-state index in [-0.39, 0.29) is 24.9 Å². The number of benzene rings is 1. The topological polar surface area (TPSA) is 85.2 Å². The van der Waals surface area contributed by atoms with E-state index in [1.54, 1.807) is 0 Å². The summed E-state index contributed by atoms with van der Waals surface area (Å²) in [5.74, 6) is 0.728. The zero-order valence-corrected chi connectivity index (χ0v) is 9.22. The van der Waals surface area contributed by atoms with E-state index in [0.29, 0.717) is 5.82 Å². The number of aliphatic hydroxyl groups excluding tert-OH is 1. The number of nitrogens with two attached hydrogens (primary N) is 1. The number of rotatable bonds is 3.